The number of para-hydroxylation sites is 1. The maximum atomic E-state index is 6.41. The predicted octanol–water partition coefficient (Wildman–Crippen LogP) is 5.59. The molecule has 2 fully saturated rings. The molecule has 6 rings (SSSR count). The lowest BCUT2D eigenvalue weighted by atomic mass is 9.90. The highest BCUT2D eigenvalue weighted by atomic mass is 16.5. The van der Waals surface area contributed by atoms with Crippen molar-refractivity contribution in [1.82, 2.24) is 24.3 Å². The predicted molar refractivity (Wildman–Crippen MR) is 149 cm³/mol. The van der Waals surface area contributed by atoms with Crippen LogP contribution in [0.25, 0.3) is 22.2 Å². The van der Waals surface area contributed by atoms with Crippen LogP contribution in [0.2, 0.25) is 0 Å². The van der Waals surface area contributed by atoms with Crippen LogP contribution in [0.5, 0.6) is 11.5 Å². The summed E-state index contributed by atoms with van der Waals surface area (Å²) in [6.45, 7) is 2.43. The van der Waals surface area contributed by atoms with Gasteiger partial charge in [-0.15, -0.1) is 0 Å². The summed E-state index contributed by atoms with van der Waals surface area (Å²) in [7, 11) is 4.41. The van der Waals surface area contributed by atoms with Gasteiger partial charge in [0.05, 0.1) is 5.39 Å². The van der Waals surface area contributed by atoms with Crippen LogP contribution in [-0.4, -0.2) is 63.6 Å². The van der Waals surface area contributed by atoms with Crippen LogP contribution in [0, 0.1) is 0 Å². The quantitative estimate of drug-likeness (QED) is 0.375. The van der Waals surface area contributed by atoms with Gasteiger partial charge in [-0.2, -0.15) is 0 Å². The number of nitrogens with two attached hydrogens (primary N) is 1. The summed E-state index contributed by atoms with van der Waals surface area (Å²) >= 11 is 0. The van der Waals surface area contributed by atoms with Crippen LogP contribution in [0.4, 0.5) is 5.82 Å². The van der Waals surface area contributed by atoms with Crippen LogP contribution in [0.1, 0.15) is 38.1 Å². The molecule has 7 nitrogen and oxygen atoms in total. The van der Waals surface area contributed by atoms with Gasteiger partial charge in [0, 0.05) is 43.0 Å². The smallest absolute Gasteiger partial charge is 0.146 e. The van der Waals surface area contributed by atoms with E-state index in [9.17, 15) is 0 Å². The largest absolute Gasteiger partial charge is 0.457 e. The summed E-state index contributed by atoms with van der Waals surface area (Å²) in [4.78, 5) is 14.1. The summed E-state index contributed by atoms with van der Waals surface area (Å²) in [5.74, 6) is 2.16. The standard InChI is InChI=1S/C30H36N6O/c1-34(2)24-16-17-35(18-24)22-10-12-23(13-11-22)36-19-27(28-29(31)32-20-33-30(28)36)21-8-14-26(15-9-21)37-25-6-4-3-5-7-25/h3-9,14-15,19-20,22-24H,10-13,16-18H2,1-2H3,(H2,31,32,33)/t22-,23+,24-/m0/s1. The molecule has 2 aromatic carbocycles. The number of hydrogen-bond acceptors (Lipinski definition) is 6. The number of benzene rings is 2. The van der Waals surface area contributed by atoms with Crippen LogP contribution >= 0.6 is 0 Å². The Morgan fingerprint density at radius 1 is 0.865 bits per heavy atom. The second-order valence-electron chi connectivity index (χ2n) is 10.7. The fourth-order valence-electron chi connectivity index (χ4n) is 6.16. The molecule has 2 aromatic heterocycles. The molecule has 0 unspecified atom stereocenters. The van der Waals surface area contributed by atoms with Crippen LogP contribution in [0.3, 0.4) is 0 Å². The van der Waals surface area contributed by atoms with Crippen molar-refractivity contribution in [1.29, 1.82) is 0 Å². The number of ether oxygens (including phenoxy) is 1. The van der Waals surface area contributed by atoms with Crippen molar-refractivity contribution < 1.29 is 4.74 Å². The second kappa shape index (κ2) is 10.1. The van der Waals surface area contributed by atoms with Gasteiger partial charge < -0.3 is 19.9 Å². The second-order valence-corrected chi connectivity index (χ2v) is 10.7. The zero-order valence-corrected chi connectivity index (χ0v) is 21.8. The molecule has 7 heteroatoms. The summed E-state index contributed by atoms with van der Waals surface area (Å²) in [5.41, 5.74) is 9.51. The number of nitrogen functional groups attached to an aromatic ring is 1. The maximum Gasteiger partial charge on any atom is 0.146 e. The average molecular weight is 497 g/mol. The van der Waals surface area contributed by atoms with E-state index in [1.165, 1.54) is 32.4 Å². The number of likely N-dealkylation sites (N-methyl/N-ethyl adjacent to an activating group) is 1. The van der Waals surface area contributed by atoms with E-state index in [4.69, 9.17) is 15.5 Å². The number of rotatable bonds is 6. The molecule has 2 aliphatic rings. The van der Waals surface area contributed by atoms with Crippen molar-refractivity contribution in [3.63, 3.8) is 0 Å². The molecule has 4 aromatic rings. The lowest BCUT2D eigenvalue weighted by molar-refractivity contribution is 0.156. The monoisotopic (exact) mass is 496 g/mol. The fraction of sp³-hybridized carbons (Fsp3) is 0.400. The molecule has 2 N–H and O–H groups in total. The van der Waals surface area contributed by atoms with E-state index in [0.717, 1.165) is 46.5 Å². The van der Waals surface area contributed by atoms with Crippen molar-refractivity contribution in [2.45, 2.75) is 50.2 Å². The summed E-state index contributed by atoms with van der Waals surface area (Å²) in [6, 6.07) is 19.9. The Kier molecular flexibility index (Phi) is 6.57. The van der Waals surface area contributed by atoms with Gasteiger partial charge >= 0.3 is 0 Å². The average Bonchev–Trinajstić information content (AvgIpc) is 3.57. The Morgan fingerprint density at radius 3 is 2.27 bits per heavy atom. The summed E-state index contributed by atoms with van der Waals surface area (Å²) in [6.07, 6.45) is 9.88. The van der Waals surface area contributed by atoms with Crippen molar-refractivity contribution in [3.05, 3.63) is 67.1 Å². The number of fused-ring (bicyclic) bond motifs is 1. The molecular formula is C30H36N6O. The molecular weight excluding hydrogens is 460 g/mol. The van der Waals surface area contributed by atoms with E-state index < -0.39 is 0 Å². The van der Waals surface area contributed by atoms with Gasteiger partial charge in [0.15, 0.2) is 0 Å². The van der Waals surface area contributed by atoms with Crippen molar-refractivity contribution in [3.8, 4) is 22.6 Å². The van der Waals surface area contributed by atoms with Gasteiger partial charge in [-0.3, -0.25) is 4.90 Å². The highest BCUT2D eigenvalue weighted by Crippen LogP contribution is 2.39. The summed E-state index contributed by atoms with van der Waals surface area (Å²) in [5, 5.41) is 0.940. The third kappa shape index (κ3) is 4.81. The van der Waals surface area contributed by atoms with Gasteiger partial charge in [-0.05, 0) is 76.0 Å². The third-order valence-electron chi connectivity index (χ3n) is 8.28. The minimum absolute atomic E-state index is 0.426. The molecule has 1 saturated heterocycles. The first-order valence-corrected chi connectivity index (χ1v) is 13.4. The first-order chi connectivity index (χ1) is 18.1. The molecule has 1 aliphatic carbocycles. The number of hydrogen-bond donors (Lipinski definition) is 1. The molecule has 0 radical (unpaired) electrons. The first kappa shape index (κ1) is 23.9. The van der Waals surface area contributed by atoms with E-state index in [2.05, 4.69) is 51.8 Å². The van der Waals surface area contributed by atoms with Gasteiger partial charge in [0.2, 0.25) is 0 Å². The zero-order valence-electron chi connectivity index (χ0n) is 21.8. The number of aromatic nitrogens is 3. The topological polar surface area (TPSA) is 72.4 Å². The van der Waals surface area contributed by atoms with Gasteiger partial charge in [-0.25, -0.2) is 9.97 Å². The Bertz CT molecular complexity index is 1340. The molecule has 192 valence electrons. The molecule has 1 aliphatic heterocycles. The molecule has 3 heterocycles. The van der Waals surface area contributed by atoms with Gasteiger partial charge in [0.25, 0.3) is 0 Å². The highest BCUT2D eigenvalue weighted by Gasteiger charge is 2.33. The van der Waals surface area contributed by atoms with Crippen LogP contribution < -0.4 is 10.5 Å². The number of likely N-dealkylation sites (tertiary alicyclic amines) is 1. The third-order valence-corrected chi connectivity index (χ3v) is 8.28. The van der Waals surface area contributed by atoms with E-state index in [1.54, 1.807) is 6.33 Å². The van der Waals surface area contributed by atoms with E-state index in [1.807, 2.05) is 42.5 Å². The Labute approximate surface area is 218 Å². The first-order valence-electron chi connectivity index (χ1n) is 13.4. The SMILES string of the molecule is CN(C)[C@H]1CCN([C@H]2CC[C@@H](n3cc(-c4ccc(Oc5ccccc5)cc4)c4c(N)ncnc43)CC2)C1. The minimum Gasteiger partial charge on any atom is -0.457 e. The van der Waals surface area contributed by atoms with Gasteiger partial charge in [-0.1, -0.05) is 30.3 Å². The molecule has 0 amide bonds. The highest BCUT2D eigenvalue weighted by molar-refractivity contribution is 6.00. The Hall–Kier alpha value is -3.42. The van der Waals surface area contributed by atoms with E-state index in [0.29, 0.717) is 23.9 Å². The van der Waals surface area contributed by atoms with E-state index >= 15 is 0 Å². The normalized spacial score (nSPS) is 22.6. The minimum atomic E-state index is 0.426. The number of anilines is 1. The van der Waals surface area contributed by atoms with Crippen LogP contribution in [-0.2, 0) is 0 Å². The van der Waals surface area contributed by atoms with E-state index in [-0.39, 0.29) is 0 Å². The van der Waals surface area contributed by atoms with Crippen molar-refractivity contribution >= 4 is 16.9 Å². The van der Waals surface area contributed by atoms with Crippen molar-refractivity contribution in [2.75, 3.05) is 32.9 Å². The van der Waals surface area contributed by atoms with Crippen molar-refractivity contribution in [2.24, 2.45) is 0 Å². The lowest BCUT2D eigenvalue weighted by Crippen LogP contribution is -2.39. The Balaban J connectivity index is 1.22. The Morgan fingerprint density at radius 2 is 1.57 bits per heavy atom. The lowest BCUT2D eigenvalue weighted by Gasteiger charge is -2.35. The molecule has 1 saturated carbocycles. The zero-order chi connectivity index (χ0) is 25.4. The van der Waals surface area contributed by atoms with Gasteiger partial charge in [0.1, 0.15) is 29.3 Å². The fourth-order valence-corrected chi connectivity index (χ4v) is 6.16. The molecule has 0 spiro atoms. The summed E-state index contributed by atoms with van der Waals surface area (Å²) < 4.78 is 8.35. The maximum absolute atomic E-state index is 6.41. The van der Waals surface area contributed by atoms with Crippen LogP contribution in [0.15, 0.2) is 67.1 Å². The number of nitrogens with zero attached hydrogens (tertiary/aromatic N) is 5. The molecule has 37 heavy (non-hydrogen) atoms. The molecule has 1 atom stereocenters. The molecule has 0 bridgehead atoms.